The lowest BCUT2D eigenvalue weighted by Crippen LogP contribution is -2.47. The third kappa shape index (κ3) is 2.73. The third-order valence-electron chi connectivity index (χ3n) is 4.38. The van der Waals surface area contributed by atoms with Crippen LogP contribution in [0.3, 0.4) is 0 Å². The first-order chi connectivity index (χ1) is 7.31. The largest absolute Gasteiger partial charge is 0.306 e. The standard InChI is InChI=1S/C13H26N2/c1-3-15-9-5-4-6-13(15)12-7-10-14(2)11-8-12/h12-13H,3-11H2,1-2H3. The minimum Gasteiger partial charge on any atom is -0.306 e. The van der Waals surface area contributed by atoms with Crippen LogP contribution in [0.4, 0.5) is 0 Å². The number of piperidine rings is 2. The van der Waals surface area contributed by atoms with Gasteiger partial charge in [0.1, 0.15) is 0 Å². The second kappa shape index (κ2) is 5.31. The van der Waals surface area contributed by atoms with Crippen molar-refractivity contribution >= 4 is 0 Å². The Morgan fingerprint density at radius 3 is 2.40 bits per heavy atom. The van der Waals surface area contributed by atoms with Crippen molar-refractivity contribution in [2.45, 2.75) is 45.1 Å². The first-order valence-electron chi connectivity index (χ1n) is 6.74. The molecule has 15 heavy (non-hydrogen) atoms. The molecule has 2 heterocycles. The van der Waals surface area contributed by atoms with Gasteiger partial charge in [-0.3, -0.25) is 0 Å². The zero-order valence-electron chi connectivity index (χ0n) is 10.4. The quantitative estimate of drug-likeness (QED) is 0.689. The Bertz CT molecular complexity index is 185. The molecule has 2 nitrogen and oxygen atoms in total. The Balaban J connectivity index is 1.90. The van der Waals surface area contributed by atoms with Gasteiger partial charge in [-0.1, -0.05) is 13.3 Å². The molecule has 0 radical (unpaired) electrons. The minimum atomic E-state index is 0.914. The van der Waals surface area contributed by atoms with Crippen molar-refractivity contribution in [3.63, 3.8) is 0 Å². The van der Waals surface area contributed by atoms with E-state index >= 15 is 0 Å². The first-order valence-corrected chi connectivity index (χ1v) is 6.74. The number of likely N-dealkylation sites (tertiary alicyclic amines) is 2. The smallest absolute Gasteiger partial charge is 0.0124 e. The predicted octanol–water partition coefficient (Wildman–Crippen LogP) is 2.20. The summed E-state index contributed by atoms with van der Waals surface area (Å²) >= 11 is 0. The van der Waals surface area contributed by atoms with Gasteiger partial charge in [-0.25, -0.2) is 0 Å². The minimum absolute atomic E-state index is 0.914. The van der Waals surface area contributed by atoms with Gasteiger partial charge < -0.3 is 9.80 Å². The maximum atomic E-state index is 2.74. The number of nitrogens with zero attached hydrogens (tertiary/aromatic N) is 2. The number of rotatable bonds is 2. The van der Waals surface area contributed by atoms with Crippen LogP contribution in [0.15, 0.2) is 0 Å². The summed E-state index contributed by atoms with van der Waals surface area (Å²) in [7, 11) is 2.26. The van der Waals surface area contributed by atoms with Gasteiger partial charge in [0.15, 0.2) is 0 Å². The third-order valence-corrected chi connectivity index (χ3v) is 4.38. The van der Waals surface area contributed by atoms with Gasteiger partial charge in [-0.15, -0.1) is 0 Å². The average Bonchev–Trinajstić information content (AvgIpc) is 2.30. The summed E-state index contributed by atoms with van der Waals surface area (Å²) in [5, 5.41) is 0. The second-order valence-electron chi connectivity index (χ2n) is 5.33. The SMILES string of the molecule is CCN1CCCCC1C1CCN(C)CC1. The zero-order chi connectivity index (χ0) is 10.7. The zero-order valence-corrected chi connectivity index (χ0v) is 10.4. The van der Waals surface area contributed by atoms with Gasteiger partial charge in [-0.2, -0.15) is 0 Å². The summed E-state index contributed by atoms with van der Waals surface area (Å²) in [6.45, 7) is 7.58. The van der Waals surface area contributed by atoms with E-state index < -0.39 is 0 Å². The summed E-state index contributed by atoms with van der Waals surface area (Å²) in [6.07, 6.45) is 7.21. The fraction of sp³-hybridized carbons (Fsp3) is 1.00. The Hall–Kier alpha value is -0.0800. The Morgan fingerprint density at radius 1 is 1.00 bits per heavy atom. The van der Waals surface area contributed by atoms with Crippen molar-refractivity contribution in [1.29, 1.82) is 0 Å². The molecule has 0 amide bonds. The van der Waals surface area contributed by atoms with Crippen LogP contribution in [0.1, 0.15) is 39.0 Å². The van der Waals surface area contributed by atoms with Crippen LogP contribution >= 0.6 is 0 Å². The lowest BCUT2D eigenvalue weighted by molar-refractivity contribution is 0.0704. The fourth-order valence-corrected chi connectivity index (χ4v) is 3.36. The van der Waals surface area contributed by atoms with Crippen LogP contribution in [-0.4, -0.2) is 49.1 Å². The molecule has 2 fully saturated rings. The molecule has 0 aliphatic carbocycles. The number of hydrogen-bond donors (Lipinski definition) is 0. The first kappa shape index (κ1) is 11.4. The molecule has 2 aliphatic rings. The summed E-state index contributed by atoms with van der Waals surface area (Å²) in [5.41, 5.74) is 0. The van der Waals surface area contributed by atoms with E-state index in [-0.39, 0.29) is 0 Å². The van der Waals surface area contributed by atoms with Crippen molar-refractivity contribution < 1.29 is 0 Å². The molecule has 1 unspecified atom stereocenters. The van der Waals surface area contributed by atoms with E-state index in [1.54, 1.807) is 0 Å². The Kier molecular flexibility index (Phi) is 4.04. The maximum absolute atomic E-state index is 2.74. The van der Waals surface area contributed by atoms with Crippen LogP contribution in [0.2, 0.25) is 0 Å². The molecule has 2 rings (SSSR count). The highest BCUT2D eigenvalue weighted by atomic mass is 15.2. The normalized spacial score (nSPS) is 32.0. The molecule has 88 valence electrons. The Morgan fingerprint density at radius 2 is 1.73 bits per heavy atom. The lowest BCUT2D eigenvalue weighted by atomic mass is 9.84. The molecular formula is C13H26N2. The van der Waals surface area contributed by atoms with Crippen LogP contribution in [0.5, 0.6) is 0 Å². The van der Waals surface area contributed by atoms with Crippen LogP contribution in [0, 0.1) is 5.92 Å². The molecule has 0 aromatic carbocycles. The van der Waals surface area contributed by atoms with Gasteiger partial charge in [0.05, 0.1) is 0 Å². The summed E-state index contributed by atoms with van der Waals surface area (Å²) in [6, 6.07) is 0.914. The highest BCUT2D eigenvalue weighted by Gasteiger charge is 2.30. The highest BCUT2D eigenvalue weighted by molar-refractivity contribution is 4.85. The van der Waals surface area contributed by atoms with E-state index in [1.807, 2.05) is 0 Å². The molecule has 0 aromatic rings. The van der Waals surface area contributed by atoms with Gasteiger partial charge >= 0.3 is 0 Å². The molecule has 0 N–H and O–H groups in total. The van der Waals surface area contributed by atoms with E-state index in [1.165, 1.54) is 58.3 Å². The van der Waals surface area contributed by atoms with Crippen LogP contribution in [-0.2, 0) is 0 Å². The molecule has 0 aromatic heterocycles. The van der Waals surface area contributed by atoms with E-state index in [0.29, 0.717) is 0 Å². The van der Waals surface area contributed by atoms with E-state index in [4.69, 9.17) is 0 Å². The predicted molar refractivity (Wildman–Crippen MR) is 65.1 cm³/mol. The van der Waals surface area contributed by atoms with Crippen molar-refractivity contribution in [2.75, 3.05) is 33.2 Å². The number of hydrogen-bond acceptors (Lipinski definition) is 2. The van der Waals surface area contributed by atoms with Gasteiger partial charge in [0.25, 0.3) is 0 Å². The van der Waals surface area contributed by atoms with Crippen molar-refractivity contribution in [3.05, 3.63) is 0 Å². The van der Waals surface area contributed by atoms with E-state index in [0.717, 1.165) is 12.0 Å². The molecule has 0 spiro atoms. The monoisotopic (exact) mass is 210 g/mol. The Labute approximate surface area is 94.6 Å². The molecular weight excluding hydrogens is 184 g/mol. The molecule has 0 saturated carbocycles. The fourth-order valence-electron chi connectivity index (χ4n) is 3.36. The van der Waals surface area contributed by atoms with Crippen LogP contribution < -0.4 is 0 Å². The summed E-state index contributed by atoms with van der Waals surface area (Å²) in [4.78, 5) is 5.22. The van der Waals surface area contributed by atoms with Gasteiger partial charge in [0.2, 0.25) is 0 Å². The molecule has 2 heteroatoms. The molecule has 2 aliphatic heterocycles. The lowest BCUT2D eigenvalue weighted by Gasteiger charge is -2.42. The van der Waals surface area contributed by atoms with E-state index in [9.17, 15) is 0 Å². The molecule has 2 saturated heterocycles. The molecule has 0 bridgehead atoms. The van der Waals surface area contributed by atoms with Gasteiger partial charge in [-0.05, 0) is 64.8 Å². The van der Waals surface area contributed by atoms with E-state index in [2.05, 4.69) is 23.8 Å². The maximum Gasteiger partial charge on any atom is 0.0124 e. The highest BCUT2D eigenvalue weighted by Crippen LogP contribution is 2.29. The van der Waals surface area contributed by atoms with Crippen molar-refractivity contribution in [3.8, 4) is 0 Å². The van der Waals surface area contributed by atoms with Crippen molar-refractivity contribution in [1.82, 2.24) is 9.80 Å². The van der Waals surface area contributed by atoms with Gasteiger partial charge in [0, 0.05) is 6.04 Å². The van der Waals surface area contributed by atoms with Crippen molar-refractivity contribution in [2.24, 2.45) is 5.92 Å². The topological polar surface area (TPSA) is 6.48 Å². The summed E-state index contributed by atoms with van der Waals surface area (Å²) < 4.78 is 0. The van der Waals surface area contributed by atoms with Crippen LogP contribution in [0.25, 0.3) is 0 Å². The molecule has 1 atom stereocenters. The second-order valence-corrected chi connectivity index (χ2v) is 5.33. The summed E-state index contributed by atoms with van der Waals surface area (Å²) in [5.74, 6) is 0.987. The average molecular weight is 210 g/mol.